The third kappa shape index (κ3) is 1.97. The van der Waals surface area contributed by atoms with Crippen molar-refractivity contribution in [3.05, 3.63) is 24.0 Å². The van der Waals surface area contributed by atoms with Gasteiger partial charge in [0.15, 0.2) is 0 Å². The van der Waals surface area contributed by atoms with Crippen molar-refractivity contribution in [1.82, 2.24) is 0 Å². The first-order valence-corrected chi connectivity index (χ1v) is 4.97. The third-order valence-electron chi connectivity index (χ3n) is 2.57. The van der Waals surface area contributed by atoms with Gasteiger partial charge in [0, 0.05) is 6.07 Å². The maximum atomic E-state index is 12.8. The molecule has 0 unspecified atom stereocenters. The largest absolute Gasteiger partial charge is 0.490 e. The maximum absolute atomic E-state index is 12.8. The van der Waals surface area contributed by atoms with Crippen LogP contribution in [-0.2, 0) is 0 Å². The first kappa shape index (κ1) is 9.31. The van der Waals surface area contributed by atoms with E-state index in [0.29, 0.717) is 11.9 Å². The zero-order chi connectivity index (χ0) is 9.97. The molecule has 14 heavy (non-hydrogen) atoms. The topological polar surface area (TPSA) is 35.2 Å². The summed E-state index contributed by atoms with van der Waals surface area (Å²) >= 11 is 0. The Balaban J connectivity index is 2.05. The highest BCUT2D eigenvalue weighted by molar-refractivity contribution is 5.45. The second kappa shape index (κ2) is 3.86. The molecule has 76 valence electrons. The summed E-state index contributed by atoms with van der Waals surface area (Å²) < 4.78 is 18.5. The Morgan fingerprint density at radius 1 is 1.29 bits per heavy atom. The summed E-state index contributed by atoms with van der Waals surface area (Å²) in [5.41, 5.74) is 5.59. The highest BCUT2D eigenvalue weighted by Crippen LogP contribution is 2.25. The average Bonchev–Trinajstić information content (AvgIpc) is 2.64. The fourth-order valence-corrected chi connectivity index (χ4v) is 1.79. The van der Waals surface area contributed by atoms with Gasteiger partial charge in [-0.3, -0.25) is 0 Å². The van der Waals surface area contributed by atoms with Gasteiger partial charge in [-0.2, -0.15) is 0 Å². The van der Waals surface area contributed by atoms with E-state index in [9.17, 15) is 4.39 Å². The molecule has 3 heteroatoms. The Labute approximate surface area is 82.9 Å². The molecule has 2 N–H and O–H groups in total. The van der Waals surface area contributed by atoms with Crippen LogP contribution in [0.1, 0.15) is 25.7 Å². The molecule has 2 rings (SSSR count). The lowest BCUT2D eigenvalue weighted by atomic mass is 10.2. The van der Waals surface area contributed by atoms with Crippen molar-refractivity contribution >= 4 is 5.69 Å². The van der Waals surface area contributed by atoms with Crippen molar-refractivity contribution in [2.45, 2.75) is 31.8 Å². The number of nitrogen functional groups attached to an aromatic ring is 1. The summed E-state index contributed by atoms with van der Waals surface area (Å²) in [5.74, 6) is 0.291. The lowest BCUT2D eigenvalue weighted by molar-refractivity contribution is 0.210. The number of hydrogen-bond donors (Lipinski definition) is 1. The monoisotopic (exact) mass is 195 g/mol. The van der Waals surface area contributed by atoms with Crippen LogP contribution in [0.5, 0.6) is 5.75 Å². The highest BCUT2D eigenvalue weighted by Gasteiger charge is 2.16. The van der Waals surface area contributed by atoms with Crippen molar-refractivity contribution in [3.63, 3.8) is 0 Å². The van der Waals surface area contributed by atoms with Crippen molar-refractivity contribution in [3.8, 4) is 5.75 Å². The van der Waals surface area contributed by atoms with E-state index >= 15 is 0 Å². The van der Waals surface area contributed by atoms with E-state index in [2.05, 4.69) is 0 Å². The normalized spacial score (nSPS) is 17.2. The summed E-state index contributed by atoms with van der Waals surface area (Å²) in [7, 11) is 0. The van der Waals surface area contributed by atoms with Crippen LogP contribution in [0.2, 0.25) is 0 Å². The van der Waals surface area contributed by atoms with E-state index in [1.165, 1.54) is 18.9 Å². The minimum absolute atomic E-state index is 0.153. The summed E-state index contributed by atoms with van der Waals surface area (Å²) in [4.78, 5) is 0. The smallest absolute Gasteiger partial charge is 0.146 e. The van der Waals surface area contributed by atoms with Gasteiger partial charge in [0.05, 0.1) is 11.8 Å². The number of nitrogens with two attached hydrogens (primary N) is 1. The molecular formula is C11H14FNO. The molecule has 0 radical (unpaired) electrons. The van der Waals surface area contributed by atoms with Crippen LogP contribution in [-0.4, -0.2) is 6.10 Å². The molecule has 0 amide bonds. The van der Waals surface area contributed by atoms with E-state index in [4.69, 9.17) is 10.5 Å². The van der Waals surface area contributed by atoms with Gasteiger partial charge in [-0.05, 0) is 37.8 Å². The highest BCUT2D eigenvalue weighted by atomic mass is 19.1. The second-order valence-corrected chi connectivity index (χ2v) is 3.71. The van der Waals surface area contributed by atoms with Gasteiger partial charge in [0.1, 0.15) is 11.6 Å². The Bertz CT molecular complexity index is 321. The summed E-state index contributed by atoms with van der Waals surface area (Å²) in [6, 6.07) is 4.53. The second-order valence-electron chi connectivity index (χ2n) is 3.71. The average molecular weight is 195 g/mol. The predicted octanol–water partition coefficient (Wildman–Crippen LogP) is 2.73. The molecule has 1 aliphatic carbocycles. The van der Waals surface area contributed by atoms with Gasteiger partial charge >= 0.3 is 0 Å². The van der Waals surface area contributed by atoms with E-state index < -0.39 is 0 Å². The molecule has 1 aromatic rings. The van der Waals surface area contributed by atoms with Crippen LogP contribution < -0.4 is 10.5 Å². The first-order valence-electron chi connectivity index (χ1n) is 4.97. The zero-order valence-electron chi connectivity index (χ0n) is 8.00. The molecule has 1 saturated carbocycles. The Morgan fingerprint density at radius 3 is 2.64 bits per heavy atom. The Hall–Kier alpha value is -1.25. The first-order chi connectivity index (χ1) is 6.75. The molecular weight excluding hydrogens is 181 g/mol. The molecule has 0 heterocycles. The minimum atomic E-state index is -0.385. The van der Waals surface area contributed by atoms with Crippen molar-refractivity contribution in [2.75, 3.05) is 5.73 Å². The molecule has 1 fully saturated rings. The van der Waals surface area contributed by atoms with Gasteiger partial charge in [-0.1, -0.05) is 0 Å². The van der Waals surface area contributed by atoms with E-state index in [1.54, 1.807) is 12.1 Å². The standard InChI is InChI=1S/C11H14FNO/c12-10-6-5-9(7-11(10)13)14-8-3-1-2-4-8/h5-8H,1-4,13H2. The van der Waals surface area contributed by atoms with E-state index in [-0.39, 0.29) is 11.5 Å². The molecule has 0 bridgehead atoms. The molecule has 2 nitrogen and oxygen atoms in total. The lowest BCUT2D eigenvalue weighted by Crippen LogP contribution is -2.11. The molecule has 0 spiro atoms. The number of halogens is 1. The zero-order valence-corrected chi connectivity index (χ0v) is 8.00. The van der Waals surface area contributed by atoms with Crippen LogP contribution in [0, 0.1) is 5.82 Å². The fraction of sp³-hybridized carbons (Fsp3) is 0.455. The van der Waals surface area contributed by atoms with Gasteiger partial charge < -0.3 is 10.5 Å². The van der Waals surface area contributed by atoms with Crippen molar-refractivity contribution in [2.24, 2.45) is 0 Å². The van der Waals surface area contributed by atoms with Gasteiger partial charge in [0.25, 0.3) is 0 Å². The maximum Gasteiger partial charge on any atom is 0.146 e. The van der Waals surface area contributed by atoms with Crippen LogP contribution in [0.15, 0.2) is 18.2 Å². The number of anilines is 1. The van der Waals surface area contributed by atoms with Crippen molar-refractivity contribution in [1.29, 1.82) is 0 Å². The van der Waals surface area contributed by atoms with E-state index in [1.807, 2.05) is 0 Å². The van der Waals surface area contributed by atoms with E-state index in [0.717, 1.165) is 12.8 Å². The quantitative estimate of drug-likeness (QED) is 0.736. The Kier molecular flexibility index (Phi) is 2.57. The lowest BCUT2D eigenvalue weighted by Gasteiger charge is -2.13. The van der Waals surface area contributed by atoms with Crippen LogP contribution in [0.4, 0.5) is 10.1 Å². The van der Waals surface area contributed by atoms with Crippen molar-refractivity contribution < 1.29 is 9.13 Å². The summed E-state index contributed by atoms with van der Waals surface area (Å²) in [6.07, 6.45) is 4.93. The minimum Gasteiger partial charge on any atom is -0.490 e. The summed E-state index contributed by atoms with van der Waals surface area (Å²) in [6.45, 7) is 0. The SMILES string of the molecule is Nc1cc(OC2CCCC2)ccc1F. The Morgan fingerprint density at radius 2 is 2.00 bits per heavy atom. The molecule has 0 aliphatic heterocycles. The number of ether oxygens (including phenoxy) is 1. The van der Waals surface area contributed by atoms with Crippen LogP contribution >= 0.6 is 0 Å². The molecule has 0 aromatic heterocycles. The van der Waals surface area contributed by atoms with Crippen LogP contribution in [0.3, 0.4) is 0 Å². The number of benzene rings is 1. The van der Waals surface area contributed by atoms with Gasteiger partial charge in [-0.15, -0.1) is 0 Å². The van der Waals surface area contributed by atoms with Crippen LogP contribution in [0.25, 0.3) is 0 Å². The molecule has 0 saturated heterocycles. The third-order valence-corrected chi connectivity index (χ3v) is 2.57. The summed E-state index contributed by atoms with van der Waals surface area (Å²) in [5, 5.41) is 0. The molecule has 0 atom stereocenters. The van der Waals surface area contributed by atoms with Gasteiger partial charge in [0.2, 0.25) is 0 Å². The van der Waals surface area contributed by atoms with Gasteiger partial charge in [-0.25, -0.2) is 4.39 Å². The number of hydrogen-bond acceptors (Lipinski definition) is 2. The fourth-order valence-electron chi connectivity index (χ4n) is 1.79. The molecule has 1 aliphatic rings. The molecule has 1 aromatic carbocycles. The predicted molar refractivity (Wildman–Crippen MR) is 53.7 cm³/mol. The number of rotatable bonds is 2.